The molecule has 1 heterocycles. The van der Waals surface area contributed by atoms with E-state index in [1.165, 1.54) is 6.07 Å². The van der Waals surface area contributed by atoms with Gasteiger partial charge in [-0.25, -0.2) is 13.4 Å². The minimum atomic E-state index is -4.88. The van der Waals surface area contributed by atoms with E-state index in [1.807, 2.05) is 24.3 Å². The zero-order valence-electron chi connectivity index (χ0n) is 19.2. The van der Waals surface area contributed by atoms with Crippen molar-refractivity contribution in [2.24, 2.45) is 0 Å². The Morgan fingerprint density at radius 2 is 1.37 bits per heavy atom. The summed E-state index contributed by atoms with van der Waals surface area (Å²) in [7, 11) is -1.26. The van der Waals surface area contributed by atoms with Crippen LogP contribution >= 0.6 is 0 Å². The molecule has 0 N–H and O–H groups in total. The van der Waals surface area contributed by atoms with Crippen molar-refractivity contribution in [3.8, 4) is 11.5 Å². The molecule has 0 atom stereocenters. The monoisotopic (exact) mass is 506 g/mol. The van der Waals surface area contributed by atoms with E-state index in [0.29, 0.717) is 11.5 Å². The van der Waals surface area contributed by atoms with Crippen LogP contribution in [0.5, 0.6) is 11.5 Å². The molecule has 0 fully saturated rings. The summed E-state index contributed by atoms with van der Waals surface area (Å²) in [5.74, 6) is 0.734. The molecule has 0 spiro atoms. The average molecular weight is 507 g/mol. The molecule has 0 radical (unpaired) electrons. The average Bonchev–Trinajstić information content (AvgIpc) is 2.83. The Kier molecular flexibility index (Phi) is 8.06. The highest BCUT2D eigenvalue weighted by Crippen LogP contribution is 2.35. The standard InChI is InChI=1S/C25H25F3N2O4S/c1-4-15-35(31,32)24-22(25(26,27)28)13-14-23(29-24)30(16-18-5-9-20(33-2)10-6-18)17-19-7-11-21(34-3)12-8-19/h4-14H,1,15-17H2,2-3H3. The van der Waals surface area contributed by atoms with Gasteiger partial charge in [-0.15, -0.1) is 6.58 Å². The molecule has 2 aromatic carbocycles. The fourth-order valence-corrected chi connectivity index (χ4v) is 4.63. The van der Waals surface area contributed by atoms with Crippen molar-refractivity contribution < 1.29 is 31.1 Å². The van der Waals surface area contributed by atoms with E-state index in [1.54, 1.807) is 43.4 Å². The lowest BCUT2D eigenvalue weighted by Gasteiger charge is -2.25. The molecule has 0 saturated heterocycles. The predicted octanol–water partition coefficient (Wildman–Crippen LogP) is 5.28. The summed E-state index contributed by atoms with van der Waals surface area (Å²) in [5, 5.41) is -1.02. The number of benzene rings is 2. The molecule has 3 rings (SSSR count). The number of alkyl halides is 3. The topological polar surface area (TPSA) is 68.7 Å². The first kappa shape index (κ1) is 26.1. The van der Waals surface area contributed by atoms with Crippen LogP contribution in [0.15, 0.2) is 78.3 Å². The van der Waals surface area contributed by atoms with Crippen molar-refractivity contribution >= 4 is 15.7 Å². The number of nitrogens with zero attached hydrogens (tertiary/aromatic N) is 2. The van der Waals surface area contributed by atoms with Crippen molar-refractivity contribution in [2.75, 3.05) is 24.9 Å². The summed E-state index contributed by atoms with van der Waals surface area (Å²) in [6, 6.07) is 16.3. The maximum absolute atomic E-state index is 13.6. The quantitative estimate of drug-likeness (QED) is 0.349. The molecule has 0 saturated carbocycles. The summed E-state index contributed by atoms with van der Waals surface area (Å²) in [5.41, 5.74) is 0.352. The van der Waals surface area contributed by atoms with Crippen molar-refractivity contribution in [1.29, 1.82) is 0 Å². The number of hydrogen-bond acceptors (Lipinski definition) is 6. The van der Waals surface area contributed by atoms with Gasteiger partial charge < -0.3 is 14.4 Å². The van der Waals surface area contributed by atoms with Crippen LogP contribution in [0.2, 0.25) is 0 Å². The van der Waals surface area contributed by atoms with Gasteiger partial charge in [0.25, 0.3) is 0 Å². The first-order chi connectivity index (χ1) is 16.6. The van der Waals surface area contributed by atoms with Gasteiger partial charge in [0, 0.05) is 13.1 Å². The maximum Gasteiger partial charge on any atom is 0.419 e. The molecule has 0 unspecified atom stereocenters. The first-order valence-corrected chi connectivity index (χ1v) is 12.2. The Bertz CT molecular complexity index is 1210. The van der Waals surface area contributed by atoms with Crippen LogP contribution in [0.1, 0.15) is 16.7 Å². The maximum atomic E-state index is 13.6. The third kappa shape index (κ3) is 6.54. The van der Waals surface area contributed by atoms with E-state index in [9.17, 15) is 21.6 Å². The number of methoxy groups -OCH3 is 2. The van der Waals surface area contributed by atoms with E-state index in [0.717, 1.165) is 23.3 Å². The van der Waals surface area contributed by atoms with E-state index in [2.05, 4.69) is 11.6 Å². The number of aromatic nitrogens is 1. The number of ether oxygens (including phenoxy) is 2. The zero-order chi connectivity index (χ0) is 25.6. The van der Waals surface area contributed by atoms with Crippen LogP contribution in [0.4, 0.5) is 19.0 Å². The van der Waals surface area contributed by atoms with Crippen LogP contribution in [0.3, 0.4) is 0 Å². The van der Waals surface area contributed by atoms with Gasteiger partial charge in [-0.3, -0.25) is 0 Å². The highest BCUT2D eigenvalue weighted by atomic mass is 32.2. The van der Waals surface area contributed by atoms with Crippen LogP contribution < -0.4 is 14.4 Å². The smallest absolute Gasteiger partial charge is 0.419 e. The van der Waals surface area contributed by atoms with Gasteiger partial charge in [0.2, 0.25) is 0 Å². The Morgan fingerprint density at radius 3 is 1.77 bits per heavy atom. The van der Waals surface area contributed by atoms with Crippen LogP contribution in [0.25, 0.3) is 0 Å². The molecule has 0 bridgehead atoms. The van der Waals surface area contributed by atoms with Crippen LogP contribution in [-0.4, -0.2) is 33.4 Å². The Labute approximate surface area is 202 Å². The summed E-state index contributed by atoms with van der Waals surface area (Å²) >= 11 is 0. The fraction of sp³-hybridized carbons (Fsp3) is 0.240. The zero-order valence-corrected chi connectivity index (χ0v) is 20.1. The molecule has 6 nitrogen and oxygen atoms in total. The number of hydrogen-bond donors (Lipinski definition) is 0. The van der Waals surface area contributed by atoms with Gasteiger partial charge >= 0.3 is 6.18 Å². The van der Waals surface area contributed by atoms with E-state index in [4.69, 9.17) is 9.47 Å². The van der Waals surface area contributed by atoms with Crippen molar-refractivity contribution in [2.45, 2.75) is 24.3 Å². The second kappa shape index (κ2) is 10.8. The lowest BCUT2D eigenvalue weighted by molar-refractivity contribution is -0.140. The third-order valence-corrected chi connectivity index (χ3v) is 6.75. The summed E-state index contributed by atoms with van der Waals surface area (Å²) in [6.07, 6.45) is -3.85. The van der Waals surface area contributed by atoms with Crippen molar-refractivity contribution in [3.63, 3.8) is 0 Å². The summed E-state index contributed by atoms with van der Waals surface area (Å²) in [6.45, 7) is 3.86. The number of rotatable bonds is 10. The molecule has 3 aromatic rings. The highest BCUT2D eigenvalue weighted by molar-refractivity contribution is 7.91. The molecule has 10 heteroatoms. The van der Waals surface area contributed by atoms with Gasteiger partial charge in [-0.2, -0.15) is 13.2 Å². The number of halogens is 3. The summed E-state index contributed by atoms with van der Waals surface area (Å²) in [4.78, 5) is 5.72. The van der Waals surface area contributed by atoms with Crippen molar-refractivity contribution in [1.82, 2.24) is 4.98 Å². The molecule has 186 valence electrons. The molecule has 0 aliphatic carbocycles. The number of anilines is 1. The van der Waals surface area contributed by atoms with E-state index < -0.39 is 32.4 Å². The highest BCUT2D eigenvalue weighted by Gasteiger charge is 2.38. The van der Waals surface area contributed by atoms with Gasteiger partial charge in [0.05, 0.1) is 25.5 Å². The normalized spacial score (nSPS) is 11.7. The van der Waals surface area contributed by atoms with Crippen molar-refractivity contribution in [3.05, 3.63) is 90.0 Å². The molecular formula is C25H25F3N2O4S. The molecule has 0 aliphatic heterocycles. The second-order valence-electron chi connectivity index (χ2n) is 7.64. The van der Waals surface area contributed by atoms with Gasteiger partial charge in [-0.1, -0.05) is 30.3 Å². The van der Waals surface area contributed by atoms with Gasteiger partial charge in [-0.05, 0) is 47.5 Å². The minimum Gasteiger partial charge on any atom is -0.497 e. The molecule has 35 heavy (non-hydrogen) atoms. The lowest BCUT2D eigenvalue weighted by atomic mass is 10.1. The molecule has 1 aromatic heterocycles. The Hall–Kier alpha value is -3.53. The number of pyridine rings is 1. The lowest BCUT2D eigenvalue weighted by Crippen LogP contribution is -2.25. The molecule has 0 aliphatic rings. The Balaban J connectivity index is 2.08. The first-order valence-electron chi connectivity index (χ1n) is 10.5. The SMILES string of the molecule is C=CCS(=O)(=O)c1nc(N(Cc2ccc(OC)cc2)Cc2ccc(OC)cc2)ccc1C(F)(F)F. The summed E-state index contributed by atoms with van der Waals surface area (Å²) < 4.78 is 76.5. The third-order valence-electron chi connectivity index (χ3n) is 5.17. The number of sulfone groups is 1. The van der Waals surface area contributed by atoms with Gasteiger partial charge in [0.1, 0.15) is 17.3 Å². The fourth-order valence-electron chi connectivity index (χ4n) is 3.41. The largest absolute Gasteiger partial charge is 0.497 e. The minimum absolute atomic E-state index is 0.0901. The Morgan fingerprint density at radius 1 is 0.886 bits per heavy atom. The van der Waals surface area contributed by atoms with Gasteiger partial charge in [0.15, 0.2) is 14.9 Å². The van der Waals surface area contributed by atoms with E-state index in [-0.39, 0.29) is 18.9 Å². The second-order valence-corrected chi connectivity index (χ2v) is 9.59. The molecule has 0 amide bonds. The van der Waals surface area contributed by atoms with E-state index >= 15 is 0 Å². The van der Waals surface area contributed by atoms with Crippen LogP contribution in [0, 0.1) is 0 Å². The molecular weight excluding hydrogens is 481 g/mol. The van der Waals surface area contributed by atoms with Crippen LogP contribution in [-0.2, 0) is 29.1 Å². The predicted molar refractivity (Wildman–Crippen MR) is 127 cm³/mol.